The molecule has 0 radical (unpaired) electrons. The van der Waals surface area contributed by atoms with E-state index in [0.29, 0.717) is 11.7 Å². The van der Waals surface area contributed by atoms with E-state index in [-0.39, 0.29) is 11.3 Å². The lowest BCUT2D eigenvalue weighted by atomic mass is 9.48. The number of carbonyl (C=O) groups is 1. The Labute approximate surface area is 120 Å². The molecular formula is C18H20O2. The van der Waals surface area contributed by atoms with E-state index in [0.717, 1.165) is 17.7 Å². The highest BCUT2D eigenvalue weighted by Gasteiger charge is 2.54. The fourth-order valence-corrected chi connectivity index (χ4v) is 3.41. The summed E-state index contributed by atoms with van der Waals surface area (Å²) in [6.07, 6.45) is 7.03. The molecule has 0 unspecified atom stereocenters. The van der Waals surface area contributed by atoms with Crippen LogP contribution in [0, 0.1) is 17.3 Å². The first-order valence-electron chi connectivity index (χ1n) is 7.10. The predicted octanol–water partition coefficient (Wildman–Crippen LogP) is 3.88. The highest BCUT2D eigenvalue weighted by molar-refractivity contribution is 5.96. The van der Waals surface area contributed by atoms with E-state index in [1.165, 1.54) is 5.57 Å². The summed E-state index contributed by atoms with van der Waals surface area (Å²) >= 11 is 0. The van der Waals surface area contributed by atoms with Gasteiger partial charge in [-0.15, -0.1) is 0 Å². The summed E-state index contributed by atoms with van der Waals surface area (Å²) in [4.78, 5) is 12.0. The first kappa shape index (κ1) is 13.2. The Morgan fingerprint density at radius 1 is 1.15 bits per heavy atom. The van der Waals surface area contributed by atoms with Gasteiger partial charge in [0.25, 0.3) is 0 Å². The summed E-state index contributed by atoms with van der Waals surface area (Å²) in [6, 6.07) is 7.94. The molecule has 2 heteroatoms. The SMILES string of the molecule is COc1ccc(/C=C/C2=CC(=O)[C@H]3C[C@H]2C3(C)C)cc1. The van der Waals surface area contributed by atoms with Crippen molar-refractivity contribution in [2.75, 3.05) is 7.11 Å². The zero-order chi connectivity index (χ0) is 14.3. The minimum absolute atomic E-state index is 0.130. The number of ketones is 1. The van der Waals surface area contributed by atoms with Gasteiger partial charge in [-0.25, -0.2) is 0 Å². The third kappa shape index (κ3) is 2.00. The van der Waals surface area contributed by atoms with Crippen molar-refractivity contribution in [2.45, 2.75) is 20.3 Å². The summed E-state index contributed by atoms with van der Waals surface area (Å²) < 4.78 is 5.15. The summed E-state index contributed by atoms with van der Waals surface area (Å²) in [5.41, 5.74) is 2.43. The van der Waals surface area contributed by atoms with Crippen LogP contribution >= 0.6 is 0 Å². The van der Waals surface area contributed by atoms with Gasteiger partial charge in [-0.1, -0.05) is 38.1 Å². The second-order valence-corrected chi connectivity index (χ2v) is 6.32. The molecule has 0 aromatic heterocycles. The van der Waals surface area contributed by atoms with Gasteiger partial charge in [0.2, 0.25) is 0 Å². The van der Waals surface area contributed by atoms with Crippen LogP contribution in [0.2, 0.25) is 0 Å². The average molecular weight is 268 g/mol. The summed E-state index contributed by atoms with van der Waals surface area (Å²) in [5.74, 6) is 1.93. The van der Waals surface area contributed by atoms with Crippen LogP contribution in [0.25, 0.3) is 6.08 Å². The van der Waals surface area contributed by atoms with E-state index < -0.39 is 0 Å². The van der Waals surface area contributed by atoms with Crippen LogP contribution in [0.1, 0.15) is 25.8 Å². The fourth-order valence-electron chi connectivity index (χ4n) is 3.41. The number of benzene rings is 1. The maximum atomic E-state index is 12.0. The fraction of sp³-hybridized carbons (Fsp3) is 0.389. The minimum atomic E-state index is 0.130. The van der Waals surface area contributed by atoms with E-state index in [2.05, 4.69) is 26.0 Å². The van der Waals surface area contributed by atoms with Crippen molar-refractivity contribution in [3.05, 3.63) is 47.6 Å². The largest absolute Gasteiger partial charge is 0.497 e. The number of allylic oxidation sites excluding steroid dienone is 3. The van der Waals surface area contributed by atoms with Gasteiger partial charge in [-0.3, -0.25) is 4.79 Å². The van der Waals surface area contributed by atoms with Crippen molar-refractivity contribution < 1.29 is 9.53 Å². The molecule has 0 amide bonds. The lowest BCUT2D eigenvalue weighted by Crippen LogP contribution is -2.52. The van der Waals surface area contributed by atoms with Gasteiger partial charge in [0.15, 0.2) is 5.78 Å². The monoisotopic (exact) mass is 268 g/mol. The van der Waals surface area contributed by atoms with Crippen LogP contribution in [-0.2, 0) is 4.79 Å². The third-order valence-electron chi connectivity index (χ3n) is 4.91. The molecule has 0 heterocycles. The molecule has 2 atom stereocenters. The molecule has 2 nitrogen and oxygen atoms in total. The van der Waals surface area contributed by atoms with Crippen molar-refractivity contribution in [1.29, 1.82) is 0 Å². The van der Waals surface area contributed by atoms with Gasteiger partial charge < -0.3 is 4.74 Å². The molecule has 20 heavy (non-hydrogen) atoms. The number of hydrogen-bond donors (Lipinski definition) is 0. The Morgan fingerprint density at radius 2 is 1.85 bits per heavy atom. The molecular weight excluding hydrogens is 248 g/mol. The summed E-state index contributed by atoms with van der Waals surface area (Å²) in [6.45, 7) is 4.41. The zero-order valence-electron chi connectivity index (χ0n) is 12.2. The maximum absolute atomic E-state index is 12.0. The molecule has 0 N–H and O–H groups in total. The lowest BCUT2D eigenvalue weighted by Gasteiger charge is -2.54. The van der Waals surface area contributed by atoms with Gasteiger partial charge in [0.1, 0.15) is 5.75 Å². The molecule has 0 aliphatic heterocycles. The second kappa shape index (κ2) is 4.62. The van der Waals surface area contributed by atoms with Crippen molar-refractivity contribution in [1.82, 2.24) is 0 Å². The summed E-state index contributed by atoms with van der Waals surface area (Å²) in [5, 5.41) is 0. The smallest absolute Gasteiger partial charge is 0.159 e. The molecule has 0 saturated heterocycles. The number of carbonyl (C=O) groups excluding carboxylic acids is 1. The number of hydrogen-bond acceptors (Lipinski definition) is 2. The number of rotatable bonds is 3. The molecule has 1 aromatic carbocycles. The highest BCUT2D eigenvalue weighted by Crippen LogP contribution is 2.58. The predicted molar refractivity (Wildman–Crippen MR) is 80.5 cm³/mol. The molecule has 1 aromatic rings. The molecule has 1 fully saturated rings. The number of fused-ring (bicyclic) bond motifs is 1. The molecule has 2 bridgehead atoms. The van der Waals surface area contributed by atoms with Crippen LogP contribution in [0.4, 0.5) is 0 Å². The molecule has 0 spiro atoms. The standard InChI is InChI=1S/C18H20O2/c1-18(2)15-11-16(18)17(19)10-13(15)7-4-12-5-8-14(20-3)9-6-12/h4-10,15-16H,11H2,1-3H3/b7-4+/t15-,16-/m1/s1. The lowest BCUT2D eigenvalue weighted by molar-refractivity contribution is -0.133. The van der Waals surface area contributed by atoms with Gasteiger partial charge in [0.05, 0.1) is 7.11 Å². The molecule has 3 aliphatic rings. The topological polar surface area (TPSA) is 26.3 Å². The van der Waals surface area contributed by atoms with Crippen molar-refractivity contribution >= 4 is 11.9 Å². The normalized spacial score (nSPS) is 27.1. The van der Waals surface area contributed by atoms with E-state index in [4.69, 9.17) is 4.74 Å². The Morgan fingerprint density at radius 3 is 2.40 bits per heavy atom. The quantitative estimate of drug-likeness (QED) is 0.831. The van der Waals surface area contributed by atoms with Crippen molar-refractivity contribution in [3.63, 3.8) is 0 Å². The Bertz CT molecular complexity index is 590. The molecule has 3 aliphatic carbocycles. The maximum Gasteiger partial charge on any atom is 0.159 e. The highest BCUT2D eigenvalue weighted by atomic mass is 16.5. The van der Waals surface area contributed by atoms with Crippen molar-refractivity contribution in [2.24, 2.45) is 17.3 Å². The molecule has 4 rings (SSSR count). The van der Waals surface area contributed by atoms with Crippen LogP contribution in [0.5, 0.6) is 5.75 Å². The van der Waals surface area contributed by atoms with E-state index in [9.17, 15) is 4.79 Å². The molecule has 1 saturated carbocycles. The number of methoxy groups -OCH3 is 1. The van der Waals surface area contributed by atoms with Gasteiger partial charge in [0, 0.05) is 5.92 Å². The van der Waals surface area contributed by atoms with E-state index in [1.54, 1.807) is 7.11 Å². The van der Waals surface area contributed by atoms with Crippen LogP contribution in [0.3, 0.4) is 0 Å². The van der Waals surface area contributed by atoms with Crippen LogP contribution < -0.4 is 4.74 Å². The minimum Gasteiger partial charge on any atom is -0.497 e. The Hall–Kier alpha value is -1.83. The molecule has 104 valence electrons. The van der Waals surface area contributed by atoms with Gasteiger partial charge in [-0.05, 0) is 47.1 Å². The first-order valence-corrected chi connectivity index (χ1v) is 7.10. The summed E-state index contributed by atoms with van der Waals surface area (Å²) in [7, 11) is 1.67. The Balaban J connectivity index is 1.80. The zero-order valence-corrected chi connectivity index (χ0v) is 12.2. The van der Waals surface area contributed by atoms with Gasteiger partial charge >= 0.3 is 0 Å². The average Bonchev–Trinajstić information content (AvgIpc) is 2.44. The number of ether oxygens (including phenoxy) is 1. The van der Waals surface area contributed by atoms with Crippen molar-refractivity contribution in [3.8, 4) is 5.75 Å². The van der Waals surface area contributed by atoms with Crippen LogP contribution in [0.15, 0.2) is 42.0 Å². The third-order valence-corrected chi connectivity index (χ3v) is 4.91. The van der Waals surface area contributed by atoms with E-state index in [1.807, 2.05) is 30.3 Å². The second-order valence-electron chi connectivity index (χ2n) is 6.32. The Kier molecular flexibility index (Phi) is 3.04. The van der Waals surface area contributed by atoms with Gasteiger partial charge in [-0.2, -0.15) is 0 Å². The van der Waals surface area contributed by atoms with E-state index >= 15 is 0 Å². The first-order chi connectivity index (χ1) is 9.52. The van der Waals surface area contributed by atoms with Crippen LogP contribution in [-0.4, -0.2) is 12.9 Å².